The van der Waals surface area contributed by atoms with Crippen molar-refractivity contribution in [2.24, 2.45) is 0 Å². The third kappa shape index (κ3) is 4.59. The first-order valence-corrected chi connectivity index (χ1v) is 15.7. The van der Waals surface area contributed by atoms with Crippen LogP contribution in [0.2, 0.25) is 0 Å². The average molecular weight is 568 g/mol. The van der Waals surface area contributed by atoms with Crippen LogP contribution in [0.4, 0.5) is 17.1 Å². The summed E-state index contributed by atoms with van der Waals surface area (Å²) in [4.78, 5) is 2.65. The summed E-state index contributed by atoms with van der Waals surface area (Å²) in [6, 6.07) is 49.2. The molecule has 0 aliphatic heterocycles. The van der Waals surface area contributed by atoms with Gasteiger partial charge in [0, 0.05) is 37.2 Å². The smallest absolute Gasteiger partial charge is 0.206 e. The summed E-state index contributed by atoms with van der Waals surface area (Å²) >= 11 is 1.77. The van der Waals surface area contributed by atoms with E-state index in [0.717, 1.165) is 28.2 Å². The molecule has 0 radical (unpaired) electrons. The average Bonchev–Trinajstić information content (AvgIpc) is 3.42. The SMILES string of the molecule is O=S(=O)(c1ccc(-c2cccc3c2sc2ccccc23)cc1)c1ccc(N(c2ccccc2)c2ccccc2)cc1. The number of thiophene rings is 1. The van der Waals surface area contributed by atoms with E-state index in [0.29, 0.717) is 0 Å². The molecule has 0 saturated heterocycles. The summed E-state index contributed by atoms with van der Waals surface area (Å²) < 4.78 is 29.7. The van der Waals surface area contributed by atoms with Crippen molar-refractivity contribution in [3.05, 3.63) is 152 Å². The molecule has 0 amide bonds. The summed E-state index contributed by atoms with van der Waals surface area (Å²) in [6.45, 7) is 0. The zero-order valence-corrected chi connectivity index (χ0v) is 23.6. The van der Waals surface area contributed by atoms with Gasteiger partial charge in [-0.3, -0.25) is 0 Å². The van der Waals surface area contributed by atoms with E-state index in [1.807, 2.05) is 84.9 Å². The van der Waals surface area contributed by atoms with Crippen LogP contribution in [-0.2, 0) is 9.84 Å². The Balaban J connectivity index is 1.21. The first kappa shape index (κ1) is 25.3. The molecule has 41 heavy (non-hydrogen) atoms. The van der Waals surface area contributed by atoms with Crippen LogP contribution in [0.3, 0.4) is 0 Å². The van der Waals surface area contributed by atoms with Crippen molar-refractivity contribution in [1.82, 2.24) is 0 Å². The highest BCUT2D eigenvalue weighted by atomic mass is 32.2. The molecule has 0 fully saturated rings. The summed E-state index contributed by atoms with van der Waals surface area (Å²) in [5.41, 5.74) is 4.99. The van der Waals surface area contributed by atoms with Gasteiger partial charge in [0.1, 0.15) is 0 Å². The van der Waals surface area contributed by atoms with Crippen LogP contribution in [0.1, 0.15) is 0 Å². The van der Waals surface area contributed by atoms with E-state index < -0.39 is 9.84 Å². The molecule has 0 saturated carbocycles. The van der Waals surface area contributed by atoms with Crippen LogP contribution in [0.5, 0.6) is 0 Å². The fourth-order valence-electron chi connectivity index (χ4n) is 5.30. The number of hydrogen-bond acceptors (Lipinski definition) is 4. The molecule has 7 aromatic rings. The number of hydrogen-bond donors (Lipinski definition) is 0. The molecule has 198 valence electrons. The van der Waals surface area contributed by atoms with Gasteiger partial charge in [0.25, 0.3) is 0 Å². The molecule has 0 bridgehead atoms. The highest BCUT2D eigenvalue weighted by Gasteiger charge is 2.20. The third-order valence-electron chi connectivity index (χ3n) is 7.31. The van der Waals surface area contributed by atoms with Gasteiger partial charge in [-0.05, 0) is 77.9 Å². The Morgan fingerprint density at radius 2 is 0.976 bits per heavy atom. The second-order valence-electron chi connectivity index (χ2n) is 9.81. The quantitative estimate of drug-likeness (QED) is 0.201. The van der Waals surface area contributed by atoms with Crippen molar-refractivity contribution >= 4 is 58.4 Å². The maximum atomic E-state index is 13.6. The number of anilines is 3. The predicted molar refractivity (Wildman–Crippen MR) is 171 cm³/mol. The lowest BCUT2D eigenvalue weighted by Crippen LogP contribution is -2.10. The molecular weight excluding hydrogens is 543 g/mol. The van der Waals surface area contributed by atoms with Gasteiger partial charge in [0.05, 0.1) is 9.79 Å². The van der Waals surface area contributed by atoms with E-state index in [2.05, 4.69) is 47.4 Å². The van der Waals surface area contributed by atoms with Crippen LogP contribution < -0.4 is 4.90 Å². The Labute approximate surface area is 243 Å². The number of rotatable bonds is 6. The lowest BCUT2D eigenvalue weighted by atomic mass is 10.0. The van der Waals surface area contributed by atoms with E-state index in [1.54, 1.807) is 35.6 Å². The molecule has 0 aliphatic rings. The minimum absolute atomic E-state index is 0.265. The Bertz CT molecular complexity index is 2040. The highest BCUT2D eigenvalue weighted by molar-refractivity contribution is 7.91. The minimum Gasteiger partial charge on any atom is -0.311 e. The summed E-state index contributed by atoms with van der Waals surface area (Å²) in [5.74, 6) is 0. The van der Waals surface area contributed by atoms with Crippen molar-refractivity contribution in [1.29, 1.82) is 0 Å². The van der Waals surface area contributed by atoms with E-state index in [9.17, 15) is 8.42 Å². The maximum absolute atomic E-state index is 13.6. The molecule has 0 N–H and O–H groups in total. The minimum atomic E-state index is -3.69. The summed E-state index contributed by atoms with van der Waals surface area (Å²) in [6.07, 6.45) is 0. The van der Waals surface area contributed by atoms with Crippen molar-refractivity contribution in [2.75, 3.05) is 4.90 Å². The Morgan fingerprint density at radius 1 is 0.463 bits per heavy atom. The van der Waals surface area contributed by atoms with E-state index in [1.165, 1.54) is 20.2 Å². The van der Waals surface area contributed by atoms with E-state index in [-0.39, 0.29) is 9.79 Å². The van der Waals surface area contributed by atoms with Crippen LogP contribution in [0, 0.1) is 0 Å². The van der Waals surface area contributed by atoms with Crippen molar-refractivity contribution in [2.45, 2.75) is 9.79 Å². The second-order valence-corrected chi connectivity index (χ2v) is 12.8. The summed E-state index contributed by atoms with van der Waals surface area (Å²) in [7, 11) is -3.69. The number of benzene rings is 6. The van der Waals surface area contributed by atoms with Gasteiger partial charge in [-0.15, -0.1) is 11.3 Å². The molecule has 1 heterocycles. The van der Waals surface area contributed by atoms with E-state index >= 15 is 0 Å². The number of fused-ring (bicyclic) bond motifs is 3. The van der Waals surface area contributed by atoms with Gasteiger partial charge in [-0.1, -0.05) is 84.9 Å². The highest BCUT2D eigenvalue weighted by Crippen LogP contribution is 2.40. The molecular formula is C36H25NO2S2. The topological polar surface area (TPSA) is 37.4 Å². The van der Waals surface area contributed by atoms with Crippen LogP contribution >= 0.6 is 11.3 Å². The molecule has 0 aliphatic carbocycles. The molecule has 7 rings (SSSR count). The summed E-state index contributed by atoms with van der Waals surface area (Å²) in [5, 5.41) is 2.47. The van der Waals surface area contributed by atoms with Crippen molar-refractivity contribution < 1.29 is 8.42 Å². The molecule has 6 aromatic carbocycles. The molecule has 1 aromatic heterocycles. The predicted octanol–water partition coefficient (Wildman–Crippen LogP) is 10.0. The van der Waals surface area contributed by atoms with Gasteiger partial charge >= 0.3 is 0 Å². The molecule has 0 spiro atoms. The van der Waals surface area contributed by atoms with Gasteiger partial charge in [-0.2, -0.15) is 0 Å². The van der Waals surface area contributed by atoms with Crippen LogP contribution in [0.25, 0.3) is 31.3 Å². The Kier molecular flexibility index (Phi) is 6.38. The maximum Gasteiger partial charge on any atom is 0.206 e. The lowest BCUT2D eigenvalue weighted by molar-refractivity contribution is 0.596. The number of para-hydroxylation sites is 2. The molecule has 0 atom stereocenters. The Hall–Kier alpha value is -4.71. The third-order valence-corrected chi connectivity index (χ3v) is 10.3. The Morgan fingerprint density at radius 3 is 1.61 bits per heavy atom. The van der Waals surface area contributed by atoms with E-state index in [4.69, 9.17) is 0 Å². The van der Waals surface area contributed by atoms with Crippen LogP contribution in [0.15, 0.2) is 161 Å². The fraction of sp³-hybridized carbons (Fsp3) is 0. The van der Waals surface area contributed by atoms with Gasteiger partial charge in [0.15, 0.2) is 0 Å². The monoisotopic (exact) mass is 567 g/mol. The second kappa shape index (κ2) is 10.4. The number of nitrogens with zero attached hydrogens (tertiary/aromatic N) is 1. The van der Waals surface area contributed by atoms with Gasteiger partial charge in [-0.25, -0.2) is 8.42 Å². The van der Waals surface area contributed by atoms with Crippen molar-refractivity contribution in [3.63, 3.8) is 0 Å². The standard InChI is InChI=1S/C36H25NO2S2/c38-41(39,31-24-20-29(21-25-31)37(27-10-3-1-4-11-27)28-12-5-2-6-13-28)30-22-18-26(19-23-30)32-15-9-16-34-33-14-7-8-17-35(33)40-36(32)34/h1-25H. The van der Waals surface area contributed by atoms with Crippen molar-refractivity contribution in [3.8, 4) is 11.1 Å². The lowest BCUT2D eigenvalue weighted by Gasteiger charge is -2.25. The first-order chi connectivity index (χ1) is 20.1. The number of sulfone groups is 1. The van der Waals surface area contributed by atoms with Gasteiger partial charge in [0.2, 0.25) is 9.84 Å². The fourth-order valence-corrected chi connectivity index (χ4v) is 7.80. The first-order valence-electron chi connectivity index (χ1n) is 13.4. The largest absolute Gasteiger partial charge is 0.311 e. The molecule has 0 unspecified atom stereocenters. The zero-order valence-electron chi connectivity index (χ0n) is 22.0. The normalized spacial score (nSPS) is 11.6. The zero-order chi connectivity index (χ0) is 27.8. The van der Waals surface area contributed by atoms with Gasteiger partial charge < -0.3 is 4.90 Å². The van der Waals surface area contributed by atoms with Crippen LogP contribution in [-0.4, -0.2) is 8.42 Å². The molecule has 3 nitrogen and oxygen atoms in total. The molecule has 5 heteroatoms.